The molecule has 1 fully saturated rings. The maximum absolute atomic E-state index is 12.3. The first-order valence-electron chi connectivity index (χ1n) is 6.96. The minimum atomic E-state index is -0.428. The van der Waals surface area contributed by atoms with Crippen LogP contribution < -0.4 is 15.5 Å². The SMILES string of the molecule is CCNC(=O)NC1CCN(c2ccc(C)c(C)c2)C1=O. The highest BCUT2D eigenvalue weighted by Gasteiger charge is 2.33. The van der Waals surface area contributed by atoms with E-state index in [-0.39, 0.29) is 11.9 Å². The molecule has 0 saturated carbocycles. The highest BCUT2D eigenvalue weighted by molar-refractivity contribution is 6.01. The van der Waals surface area contributed by atoms with E-state index in [0.29, 0.717) is 19.5 Å². The molecule has 0 aliphatic carbocycles. The molecule has 0 radical (unpaired) electrons. The molecular formula is C15H21N3O2. The van der Waals surface area contributed by atoms with Gasteiger partial charge in [-0.1, -0.05) is 6.07 Å². The van der Waals surface area contributed by atoms with Gasteiger partial charge in [0, 0.05) is 18.8 Å². The molecule has 2 N–H and O–H groups in total. The van der Waals surface area contributed by atoms with Crippen LogP contribution in [-0.2, 0) is 4.79 Å². The Morgan fingerprint density at radius 3 is 2.75 bits per heavy atom. The molecule has 1 atom stereocenters. The second kappa shape index (κ2) is 5.94. The summed E-state index contributed by atoms with van der Waals surface area (Å²) in [5, 5.41) is 5.36. The van der Waals surface area contributed by atoms with Gasteiger partial charge in [-0.3, -0.25) is 4.79 Å². The van der Waals surface area contributed by atoms with Crippen LogP contribution >= 0.6 is 0 Å². The van der Waals surface area contributed by atoms with Crippen LogP contribution in [0.3, 0.4) is 0 Å². The topological polar surface area (TPSA) is 61.4 Å². The fourth-order valence-corrected chi connectivity index (χ4v) is 2.33. The largest absolute Gasteiger partial charge is 0.338 e. The van der Waals surface area contributed by atoms with E-state index in [1.165, 1.54) is 5.56 Å². The molecule has 1 unspecified atom stereocenters. The average Bonchev–Trinajstić information content (AvgIpc) is 2.75. The van der Waals surface area contributed by atoms with Crippen molar-refractivity contribution in [2.45, 2.75) is 33.2 Å². The predicted octanol–water partition coefficient (Wildman–Crippen LogP) is 1.73. The first-order chi connectivity index (χ1) is 9.52. The lowest BCUT2D eigenvalue weighted by atomic mass is 10.1. The molecular weight excluding hydrogens is 254 g/mol. The number of rotatable bonds is 3. The van der Waals surface area contributed by atoms with E-state index in [4.69, 9.17) is 0 Å². The molecule has 1 saturated heterocycles. The highest BCUT2D eigenvalue weighted by Crippen LogP contribution is 2.23. The number of hydrogen-bond donors (Lipinski definition) is 2. The van der Waals surface area contributed by atoms with Gasteiger partial charge in [-0.2, -0.15) is 0 Å². The fourth-order valence-electron chi connectivity index (χ4n) is 2.33. The molecule has 3 amide bonds. The Kier molecular flexibility index (Phi) is 4.27. The number of carbonyl (C=O) groups is 2. The van der Waals surface area contributed by atoms with Crippen molar-refractivity contribution in [2.24, 2.45) is 0 Å². The Labute approximate surface area is 119 Å². The summed E-state index contributed by atoms with van der Waals surface area (Å²) in [5.41, 5.74) is 3.27. The van der Waals surface area contributed by atoms with Crippen LogP contribution in [0.4, 0.5) is 10.5 Å². The summed E-state index contributed by atoms with van der Waals surface area (Å²) in [6.07, 6.45) is 0.642. The molecule has 1 heterocycles. The molecule has 20 heavy (non-hydrogen) atoms. The van der Waals surface area contributed by atoms with E-state index < -0.39 is 6.04 Å². The standard InChI is InChI=1S/C15H21N3O2/c1-4-16-15(20)17-13-7-8-18(14(13)19)12-6-5-10(2)11(3)9-12/h5-6,9,13H,4,7-8H2,1-3H3,(H2,16,17,20). The second-order valence-electron chi connectivity index (χ2n) is 5.10. The van der Waals surface area contributed by atoms with Crippen LogP contribution in [0.1, 0.15) is 24.5 Å². The summed E-state index contributed by atoms with van der Waals surface area (Å²) in [7, 11) is 0. The summed E-state index contributed by atoms with van der Waals surface area (Å²) in [6.45, 7) is 7.11. The van der Waals surface area contributed by atoms with Gasteiger partial charge in [-0.05, 0) is 50.5 Å². The predicted molar refractivity (Wildman–Crippen MR) is 78.9 cm³/mol. The minimum absolute atomic E-state index is 0.0421. The van der Waals surface area contributed by atoms with Crippen molar-refractivity contribution in [3.63, 3.8) is 0 Å². The molecule has 2 rings (SSSR count). The van der Waals surface area contributed by atoms with Crippen molar-refractivity contribution < 1.29 is 9.59 Å². The molecule has 1 aromatic rings. The van der Waals surface area contributed by atoms with Gasteiger partial charge in [0.25, 0.3) is 0 Å². The molecule has 0 aromatic heterocycles. The zero-order valence-electron chi connectivity index (χ0n) is 12.2. The number of benzene rings is 1. The number of amides is 3. The number of nitrogens with zero attached hydrogens (tertiary/aromatic N) is 1. The summed E-state index contributed by atoms with van der Waals surface area (Å²) in [6, 6.07) is 5.27. The molecule has 0 bridgehead atoms. The zero-order chi connectivity index (χ0) is 14.7. The Morgan fingerprint density at radius 2 is 2.10 bits per heavy atom. The van der Waals surface area contributed by atoms with Gasteiger partial charge in [0.15, 0.2) is 0 Å². The Morgan fingerprint density at radius 1 is 1.35 bits per heavy atom. The van der Waals surface area contributed by atoms with E-state index >= 15 is 0 Å². The minimum Gasteiger partial charge on any atom is -0.338 e. The number of hydrogen-bond acceptors (Lipinski definition) is 2. The summed E-state index contributed by atoms with van der Waals surface area (Å²) in [4.78, 5) is 25.6. The average molecular weight is 275 g/mol. The molecule has 5 nitrogen and oxygen atoms in total. The second-order valence-corrected chi connectivity index (χ2v) is 5.10. The number of carbonyl (C=O) groups excluding carboxylic acids is 2. The van der Waals surface area contributed by atoms with Crippen LogP contribution in [0, 0.1) is 13.8 Å². The van der Waals surface area contributed by atoms with Gasteiger partial charge in [0.05, 0.1) is 0 Å². The first-order valence-corrected chi connectivity index (χ1v) is 6.96. The number of urea groups is 1. The smallest absolute Gasteiger partial charge is 0.315 e. The first kappa shape index (κ1) is 14.4. The lowest BCUT2D eigenvalue weighted by molar-refractivity contribution is -0.118. The lowest BCUT2D eigenvalue weighted by Gasteiger charge is -2.18. The quantitative estimate of drug-likeness (QED) is 0.882. The molecule has 108 valence electrons. The summed E-state index contributed by atoms with van der Waals surface area (Å²) >= 11 is 0. The number of nitrogens with one attached hydrogen (secondary N) is 2. The van der Waals surface area contributed by atoms with Gasteiger partial charge in [0.2, 0.25) is 5.91 Å². The number of aryl methyl sites for hydroxylation is 2. The van der Waals surface area contributed by atoms with E-state index in [9.17, 15) is 9.59 Å². The van der Waals surface area contributed by atoms with Crippen molar-refractivity contribution in [1.29, 1.82) is 0 Å². The van der Waals surface area contributed by atoms with Gasteiger partial charge in [-0.15, -0.1) is 0 Å². The Hall–Kier alpha value is -2.04. The van der Waals surface area contributed by atoms with Crippen LogP contribution in [0.2, 0.25) is 0 Å². The Balaban J connectivity index is 2.07. The molecule has 1 aromatic carbocycles. The van der Waals surface area contributed by atoms with E-state index in [2.05, 4.69) is 10.6 Å². The van der Waals surface area contributed by atoms with Gasteiger partial charge in [-0.25, -0.2) is 4.79 Å². The van der Waals surface area contributed by atoms with E-state index in [0.717, 1.165) is 11.3 Å². The summed E-state index contributed by atoms with van der Waals surface area (Å²) in [5.74, 6) is -0.0421. The third kappa shape index (κ3) is 2.92. The summed E-state index contributed by atoms with van der Waals surface area (Å²) < 4.78 is 0. The van der Waals surface area contributed by atoms with Crippen LogP contribution in [-0.4, -0.2) is 31.1 Å². The van der Waals surface area contributed by atoms with Crippen molar-refractivity contribution in [2.75, 3.05) is 18.0 Å². The fraction of sp³-hybridized carbons (Fsp3) is 0.467. The lowest BCUT2D eigenvalue weighted by Crippen LogP contribution is -2.46. The third-order valence-corrected chi connectivity index (χ3v) is 3.65. The van der Waals surface area contributed by atoms with Crippen LogP contribution in [0.25, 0.3) is 0 Å². The third-order valence-electron chi connectivity index (χ3n) is 3.65. The van der Waals surface area contributed by atoms with Gasteiger partial charge >= 0.3 is 6.03 Å². The van der Waals surface area contributed by atoms with Gasteiger partial charge in [0.1, 0.15) is 6.04 Å². The maximum Gasteiger partial charge on any atom is 0.315 e. The van der Waals surface area contributed by atoms with Crippen molar-refractivity contribution in [3.05, 3.63) is 29.3 Å². The molecule has 1 aliphatic rings. The van der Waals surface area contributed by atoms with Crippen molar-refractivity contribution in [3.8, 4) is 0 Å². The van der Waals surface area contributed by atoms with E-state index in [1.54, 1.807) is 4.90 Å². The number of anilines is 1. The van der Waals surface area contributed by atoms with Gasteiger partial charge < -0.3 is 15.5 Å². The normalized spacial score (nSPS) is 18.2. The van der Waals surface area contributed by atoms with Crippen LogP contribution in [0.5, 0.6) is 0 Å². The maximum atomic E-state index is 12.3. The monoisotopic (exact) mass is 275 g/mol. The molecule has 5 heteroatoms. The highest BCUT2D eigenvalue weighted by atomic mass is 16.2. The van der Waals surface area contributed by atoms with Crippen LogP contribution in [0.15, 0.2) is 18.2 Å². The van der Waals surface area contributed by atoms with E-state index in [1.807, 2.05) is 39.0 Å². The molecule has 1 aliphatic heterocycles. The van der Waals surface area contributed by atoms with Crippen molar-refractivity contribution >= 4 is 17.6 Å². The Bertz CT molecular complexity index is 528. The zero-order valence-corrected chi connectivity index (χ0v) is 12.2. The van der Waals surface area contributed by atoms with Crippen molar-refractivity contribution in [1.82, 2.24) is 10.6 Å². The molecule has 0 spiro atoms.